The van der Waals surface area contributed by atoms with Crippen LogP contribution >= 0.6 is 11.8 Å². The minimum absolute atomic E-state index is 0.0633. The largest absolute Gasteiger partial charge is 0.458 e. The van der Waals surface area contributed by atoms with Crippen molar-refractivity contribution in [2.24, 2.45) is 0 Å². The van der Waals surface area contributed by atoms with Crippen molar-refractivity contribution in [3.05, 3.63) is 76.8 Å². The number of benzene rings is 1. The Morgan fingerprint density at radius 2 is 1.90 bits per heavy atom. The van der Waals surface area contributed by atoms with E-state index >= 15 is 0 Å². The molecule has 0 unspecified atom stereocenters. The van der Waals surface area contributed by atoms with E-state index in [9.17, 15) is 9.59 Å². The average molecular weight is 436 g/mol. The van der Waals surface area contributed by atoms with Crippen LogP contribution in [-0.4, -0.2) is 33.3 Å². The molecule has 31 heavy (non-hydrogen) atoms. The number of H-pyrrole nitrogens is 1. The molecule has 7 heteroatoms. The standard InChI is InChI=1S/C24H25N3O3S/c1-6-12-30-23(29)18-15(5)25-21-20(22(28)27-24(26-21)31-13-7-2)19(18)17-10-8-16(9-11-17)14(3)4/h6-11,14H,1-2,12-13H2,3-5H3,(H,25,26,27,28). The number of carbonyl (C=O) groups excluding carboxylic acids is 1. The topological polar surface area (TPSA) is 84.9 Å². The number of hydrogen-bond donors (Lipinski definition) is 1. The number of nitrogens with one attached hydrogen (secondary N) is 1. The number of aromatic amines is 1. The van der Waals surface area contributed by atoms with E-state index in [0.29, 0.717) is 28.1 Å². The Labute approximate surface area is 185 Å². The van der Waals surface area contributed by atoms with Crippen molar-refractivity contribution in [2.75, 3.05) is 12.4 Å². The van der Waals surface area contributed by atoms with Gasteiger partial charge in [0.2, 0.25) is 0 Å². The van der Waals surface area contributed by atoms with E-state index in [-0.39, 0.29) is 28.8 Å². The number of rotatable bonds is 8. The van der Waals surface area contributed by atoms with Crippen LogP contribution in [0.2, 0.25) is 0 Å². The van der Waals surface area contributed by atoms with E-state index in [2.05, 4.69) is 42.0 Å². The molecular formula is C24H25N3O3S. The maximum Gasteiger partial charge on any atom is 0.340 e. The summed E-state index contributed by atoms with van der Waals surface area (Å²) in [6, 6.07) is 7.81. The average Bonchev–Trinajstić information content (AvgIpc) is 2.75. The van der Waals surface area contributed by atoms with Crippen molar-refractivity contribution in [1.29, 1.82) is 0 Å². The molecule has 3 aromatic rings. The molecule has 2 aromatic heterocycles. The molecule has 0 aliphatic carbocycles. The van der Waals surface area contributed by atoms with E-state index in [0.717, 1.165) is 11.1 Å². The molecule has 1 N–H and O–H groups in total. The van der Waals surface area contributed by atoms with Gasteiger partial charge in [-0.25, -0.2) is 14.8 Å². The number of aromatic nitrogens is 3. The van der Waals surface area contributed by atoms with Gasteiger partial charge in [0.25, 0.3) is 5.56 Å². The maximum absolute atomic E-state index is 13.1. The second-order valence-corrected chi connectivity index (χ2v) is 8.29. The van der Waals surface area contributed by atoms with Crippen LogP contribution in [0.4, 0.5) is 0 Å². The molecule has 3 rings (SSSR count). The van der Waals surface area contributed by atoms with Gasteiger partial charge in [-0.15, -0.1) is 6.58 Å². The van der Waals surface area contributed by atoms with Gasteiger partial charge in [-0.1, -0.05) is 68.6 Å². The predicted octanol–water partition coefficient (Wildman–Crippen LogP) is 5.04. The SMILES string of the molecule is C=CCOC(=O)c1c(C)nc2nc(SCC=C)[nH]c(=O)c2c1-c1ccc(C(C)C)cc1. The Morgan fingerprint density at radius 3 is 2.52 bits per heavy atom. The first-order valence-corrected chi connectivity index (χ1v) is 10.9. The molecule has 0 amide bonds. The molecule has 0 radical (unpaired) electrons. The first-order valence-electron chi connectivity index (χ1n) is 9.94. The van der Waals surface area contributed by atoms with E-state index in [1.165, 1.54) is 17.8 Å². The van der Waals surface area contributed by atoms with Gasteiger partial charge in [-0.2, -0.15) is 0 Å². The molecule has 0 spiro atoms. The zero-order valence-corrected chi connectivity index (χ0v) is 18.7. The lowest BCUT2D eigenvalue weighted by molar-refractivity contribution is 0.0549. The molecule has 0 aliphatic rings. The number of ether oxygens (including phenoxy) is 1. The fraction of sp³-hybridized carbons (Fsp3) is 0.250. The number of esters is 1. The van der Waals surface area contributed by atoms with Crippen molar-refractivity contribution >= 4 is 28.8 Å². The quantitative estimate of drug-likeness (QED) is 0.231. The molecule has 0 saturated heterocycles. The first kappa shape index (κ1) is 22.5. The van der Waals surface area contributed by atoms with E-state index in [4.69, 9.17) is 4.74 Å². The Bertz CT molecular complexity index is 1200. The van der Waals surface area contributed by atoms with Gasteiger partial charge in [0.15, 0.2) is 10.8 Å². The van der Waals surface area contributed by atoms with Crippen molar-refractivity contribution in [3.63, 3.8) is 0 Å². The fourth-order valence-electron chi connectivity index (χ4n) is 3.25. The van der Waals surface area contributed by atoms with Gasteiger partial charge in [-0.05, 0) is 24.0 Å². The monoisotopic (exact) mass is 435 g/mol. The molecule has 6 nitrogen and oxygen atoms in total. The van der Waals surface area contributed by atoms with Crippen LogP contribution in [0.3, 0.4) is 0 Å². The second-order valence-electron chi connectivity index (χ2n) is 7.28. The lowest BCUT2D eigenvalue weighted by Gasteiger charge is -2.15. The summed E-state index contributed by atoms with van der Waals surface area (Å²) in [5, 5.41) is 0.712. The van der Waals surface area contributed by atoms with Crippen LogP contribution in [0.5, 0.6) is 0 Å². The van der Waals surface area contributed by atoms with Gasteiger partial charge in [0.05, 0.1) is 16.6 Å². The maximum atomic E-state index is 13.1. The summed E-state index contributed by atoms with van der Waals surface area (Å²) >= 11 is 1.36. The number of carbonyl (C=O) groups is 1. The summed E-state index contributed by atoms with van der Waals surface area (Å²) in [5.41, 5.74) is 2.99. The number of hydrogen-bond acceptors (Lipinski definition) is 6. The minimum Gasteiger partial charge on any atom is -0.458 e. The Morgan fingerprint density at radius 1 is 1.19 bits per heavy atom. The molecule has 0 atom stereocenters. The lowest BCUT2D eigenvalue weighted by Crippen LogP contribution is -2.17. The van der Waals surface area contributed by atoms with Crippen molar-refractivity contribution in [1.82, 2.24) is 15.0 Å². The smallest absolute Gasteiger partial charge is 0.340 e. The number of fused-ring (bicyclic) bond motifs is 1. The van der Waals surface area contributed by atoms with Crippen LogP contribution < -0.4 is 5.56 Å². The third-order valence-corrected chi connectivity index (χ3v) is 5.62. The Hall–Kier alpha value is -3.19. The summed E-state index contributed by atoms with van der Waals surface area (Å²) in [6.07, 6.45) is 3.23. The molecular weight excluding hydrogens is 410 g/mol. The molecule has 160 valence electrons. The second kappa shape index (κ2) is 9.75. The zero-order chi connectivity index (χ0) is 22.5. The third-order valence-electron chi connectivity index (χ3n) is 4.75. The highest BCUT2D eigenvalue weighted by Gasteiger charge is 2.24. The highest BCUT2D eigenvalue weighted by atomic mass is 32.2. The molecule has 2 heterocycles. The van der Waals surface area contributed by atoms with Gasteiger partial charge >= 0.3 is 5.97 Å². The summed E-state index contributed by atoms with van der Waals surface area (Å²) in [5.74, 6) is 0.402. The minimum atomic E-state index is -0.556. The molecule has 0 saturated carbocycles. The van der Waals surface area contributed by atoms with Crippen LogP contribution in [0, 0.1) is 6.92 Å². The van der Waals surface area contributed by atoms with Gasteiger partial charge < -0.3 is 9.72 Å². The van der Waals surface area contributed by atoms with Crippen molar-refractivity contribution < 1.29 is 9.53 Å². The summed E-state index contributed by atoms with van der Waals surface area (Å²) in [4.78, 5) is 37.8. The first-order chi connectivity index (χ1) is 14.9. The summed E-state index contributed by atoms with van der Waals surface area (Å²) in [6.45, 7) is 13.3. The zero-order valence-electron chi connectivity index (χ0n) is 17.9. The summed E-state index contributed by atoms with van der Waals surface area (Å²) in [7, 11) is 0. The highest BCUT2D eigenvalue weighted by Crippen LogP contribution is 2.32. The van der Waals surface area contributed by atoms with Crippen LogP contribution in [0.1, 0.15) is 41.4 Å². The molecule has 0 bridgehead atoms. The van der Waals surface area contributed by atoms with Gasteiger partial charge in [0.1, 0.15) is 6.61 Å². The number of thioether (sulfide) groups is 1. The Kier molecular flexibility index (Phi) is 7.07. The van der Waals surface area contributed by atoms with Gasteiger partial charge in [-0.3, -0.25) is 4.79 Å². The highest BCUT2D eigenvalue weighted by molar-refractivity contribution is 7.99. The molecule has 0 fully saturated rings. The third kappa shape index (κ3) is 4.77. The lowest BCUT2D eigenvalue weighted by atomic mass is 9.93. The fourth-order valence-corrected chi connectivity index (χ4v) is 3.85. The van der Waals surface area contributed by atoms with Crippen LogP contribution in [0.15, 0.2) is 59.5 Å². The molecule has 0 aliphatic heterocycles. The van der Waals surface area contributed by atoms with E-state index in [1.807, 2.05) is 24.3 Å². The van der Waals surface area contributed by atoms with Crippen molar-refractivity contribution in [2.45, 2.75) is 31.8 Å². The summed E-state index contributed by atoms with van der Waals surface area (Å²) < 4.78 is 5.30. The van der Waals surface area contributed by atoms with E-state index in [1.54, 1.807) is 13.0 Å². The predicted molar refractivity (Wildman–Crippen MR) is 126 cm³/mol. The van der Waals surface area contributed by atoms with Crippen LogP contribution in [0.25, 0.3) is 22.2 Å². The number of nitrogens with zero attached hydrogens (tertiary/aromatic N) is 2. The van der Waals surface area contributed by atoms with Crippen LogP contribution in [-0.2, 0) is 4.74 Å². The Balaban J connectivity index is 2.32. The van der Waals surface area contributed by atoms with E-state index < -0.39 is 5.97 Å². The molecule has 1 aromatic carbocycles. The number of pyridine rings is 1. The van der Waals surface area contributed by atoms with Gasteiger partial charge in [0, 0.05) is 11.3 Å². The number of aryl methyl sites for hydroxylation is 1. The normalized spacial score (nSPS) is 11.0. The van der Waals surface area contributed by atoms with Crippen molar-refractivity contribution in [3.8, 4) is 11.1 Å².